The predicted octanol–water partition coefficient (Wildman–Crippen LogP) is 1.75. The molecule has 0 aliphatic heterocycles. The third-order valence-electron chi connectivity index (χ3n) is 3.00. The van der Waals surface area contributed by atoms with Crippen molar-refractivity contribution in [3.8, 4) is 0 Å². The molecule has 1 aromatic rings. The molecule has 0 aliphatic rings. The van der Waals surface area contributed by atoms with Crippen LogP contribution in [-0.4, -0.2) is 26.0 Å². The van der Waals surface area contributed by atoms with Crippen LogP contribution in [0, 0.1) is 12.7 Å². The highest BCUT2D eigenvalue weighted by molar-refractivity contribution is 5.78. The molecule has 0 radical (unpaired) electrons. The molecule has 1 aromatic carbocycles. The maximum Gasteiger partial charge on any atom is 0.233 e. The SMILES string of the molecule is CNCC(=O)NCC(C)(C)c1ccc(F)c(C)c1. The lowest BCUT2D eigenvalue weighted by Gasteiger charge is -2.26. The van der Waals surface area contributed by atoms with Crippen LogP contribution in [-0.2, 0) is 10.2 Å². The monoisotopic (exact) mass is 252 g/mol. The van der Waals surface area contributed by atoms with Crippen molar-refractivity contribution in [2.24, 2.45) is 0 Å². The van der Waals surface area contributed by atoms with Crippen molar-refractivity contribution in [2.75, 3.05) is 20.1 Å². The Labute approximate surface area is 108 Å². The summed E-state index contributed by atoms with van der Waals surface area (Å²) >= 11 is 0. The number of hydrogen-bond donors (Lipinski definition) is 2. The minimum absolute atomic E-state index is 0.0376. The Hall–Kier alpha value is -1.42. The van der Waals surface area contributed by atoms with E-state index in [1.54, 1.807) is 20.0 Å². The molecule has 4 heteroatoms. The van der Waals surface area contributed by atoms with Gasteiger partial charge in [-0.1, -0.05) is 26.0 Å². The molecule has 0 bridgehead atoms. The topological polar surface area (TPSA) is 41.1 Å². The van der Waals surface area contributed by atoms with Crippen molar-refractivity contribution >= 4 is 5.91 Å². The van der Waals surface area contributed by atoms with E-state index in [0.29, 0.717) is 18.7 Å². The molecule has 2 N–H and O–H groups in total. The number of nitrogens with one attached hydrogen (secondary N) is 2. The second-order valence-electron chi connectivity index (χ2n) is 5.15. The molecule has 1 rings (SSSR count). The quantitative estimate of drug-likeness (QED) is 0.838. The van der Waals surface area contributed by atoms with Gasteiger partial charge >= 0.3 is 0 Å². The van der Waals surface area contributed by atoms with Crippen LogP contribution in [0.2, 0.25) is 0 Å². The fourth-order valence-electron chi connectivity index (χ4n) is 1.71. The van der Waals surface area contributed by atoms with Gasteiger partial charge in [0.25, 0.3) is 0 Å². The molecule has 0 heterocycles. The van der Waals surface area contributed by atoms with E-state index >= 15 is 0 Å². The fraction of sp³-hybridized carbons (Fsp3) is 0.500. The Morgan fingerprint density at radius 1 is 1.39 bits per heavy atom. The highest BCUT2D eigenvalue weighted by atomic mass is 19.1. The van der Waals surface area contributed by atoms with E-state index < -0.39 is 0 Å². The van der Waals surface area contributed by atoms with Gasteiger partial charge in [0.05, 0.1) is 6.54 Å². The summed E-state index contributed by atoms with van der Waals surface area (Å²) in [4.78, 5) is 11.4. The van der Waals surface area contributed by atoms with Crippen LogP contribution < -0.4 is 10.6 Å². The van der Waals surface area contributed by atoms with Crippen LogP contribution in [0.1, 0.15) is 25.0 Å². The Morgan fingerprint density at radius 2 is 2.06 bits per heavy atom. The van der Waals surface area contributed by atoms with Gasteiger partial charge in [-0.25, -0.2) is 4.39 Å². The Morgan fingerprint density at radius 3 is 2.61 bits per heavy atom. The van der Waals surface area contributed by atoms with Gasteiger partial charge in [-0.15, -0.1) is 0 Å². The molecule has 0 unspecified atom stereocenters. The van der Waals surface area contributed by atoms with Crippen LogP contribution in [0.15, 0.2) is 18.2 Å². The molecule has 0 atom stereocenters. The molecular formula is C14H21FN2O. The van der Waals surface area contributed by atoms with E-state index in [1.807, 2.05) is 19.9 Å². The predicted molar refractivity (Wildman–Crippen MR) is 71.1 cm³/mol. The van der Waals surface area contributed by atoms with Crippen LogP contribution in [0.25, 0.3) is 0 Å². The molecule has 3 nitrogen and oxygen atoms in total. The number of aryl methyl sites for hydroxylation is 1. The van der Waals surface area contributed by atoms with Crippen LogP contribution >= 0.6 is 0 Å². The molecule has 0 aliphatic carbocycles. The van der Waals surface area contributed by atoms with E-state index in [2.05, 4.69) is 10.6 Å². The van der Waals surface area contributed by atoms with Crippen molar-refractivity contribution < 1.29 is 9.18 Å². The lowest BCUT2D eigenvalue weighted by atomic mass is 9.84. The standard InChI is InChI=1S/C14H21FN2O/c1-10-7-11(5-6-12(10)15)14(2,3)9-17-13(18)8-16-4/h5-7,16H,8-9H2,1-4H3,(H,17,18). The summed E-state index contributed by atoms with van der Waals surface area (Å²) in [6.45, 7) is 6.63. The van der Waals surface area contributed by atoms with Gasteiger partial charge in [0.2, 0.25) is 5.91 Å². The second kappa shape index (κ2) is 5.96. The summed E-state index contributed by atoms with van der Waals surface area (Å²) in [7, 11) is 1.73. The molecule has 100 valence electrons. The number of benzene rings is 1. The first-order valence-corrected chi connectivity index (χ1v) is 6.05. The van der Waals surface area contributed by atoms with Crippen LogP contribution in [0.3, 0.4) is 0 Å². The van der Waals surface area contributed by atoms with E-state index in [-0.39, 0.29) is 17.1 Å². The van der Waals surface area contributed by atoms with Gasteiger partial charge in [-0.2, -0.15) is 0 Å². The van der Waals surface area contributed by atoms with Gasteiger partial charge in [-0.3, -0.25) is 4.79 Å². The first-order valence-electron chi connectivity index (χ1n) is 6.05. The molecule has 18 heavy (non-hydrogen) atoms. The number of hydrogen-bond acceptors (Lipinski definition) is 2. The normalized spacial score (nSPS) is 11.4. The molecule has 1 amide bonds. The summed E-state index contributed by atoms with van der Waals surface area (Å²) in [6.07, 6.45) is 0. The van der Waals surface area contributed by atoms with E-state index in [9.17, 15) is 9.18 Å². The summed E-state index contributed by atoms with van der Waals surface area (Å²) < 4.78 is 13.2. The van der Waals surface area contributed by atoms with Gasteiger partial charge < -0.3 is 10.6 Å². The largest absolute Gasteiger partial charge is 0.354 e. The number of carbonyl (C=O) groups is 1. The molecule has 0 saturated heterocycles. The van der Waals surface area contributed by atoms with Crippen molar-refractivity contribution in [3.63, 3.8) is 0 Å². The number of halogens is 1. The molecule has 0 saturated carbocycles. The molecular weight excluding hydrogens is 231 g/mol. The van der Waals surface area contributed by atoms with Gasteiger partial charge in [0, 0.05) is 12.0 Å². The number of carbonyl (C=O) groups excluding carboxylic acids is 1. The third-order valence-corrected chi connectivity index (χ3v) is 3.00. The fourth-order valence-corrected chi connectivity index (χ4v) is 1.71. The summed E-state index contributed by atoms with van der Waals surface area (Å²) in [5, 5.41) is 5.66. The first-order chi connectivity index (χ1) is 8.36. The highest BCUT2D eigenvalue weighted by Crippen LogP contribution is 2.24. The Bertz CT molecular complexity index is 430. The smallest absolute Gasteiger partial charge is 0.233 e. The Balaban J connectivity index is 2.73. The Kier molecular flexibility index (Phi) is 4.84. The van der Waals surface area contributed by atoms with Gasteiger partial charge in [0.1, 0.15) is 5.82 Å². The van der Waals surface area contributed by atoms with E-state index in [1.165, 1.54) is 6.07 Å². The van der Waals surface area contributed by atoms with Crippen LogP contribution in [0.4, 0.5) is 4.39 Å². The second-order valence-corrected chi connectivity index (χ2v) is 5.15. The summed E-state index contributed by atoms with van der Waals surface area (Å²) in [6, 6.07) is 5.08. The van der Waals surface area contributed by atoms with E-state index in [4.69, 9.17) is 0 Å². The van der Waals surface area contributed by atoms with Gasteiger partial charge in [-0.05, 0) is 31.2 Å². The maximum atomic E-state index is 13.2. The highest BCUT2D eigenvalue weighted by Gasteiger charge is 2.21. The first kappa shape index (κ1) is 14.6. The average molecular weight is 252 g/mol. The minimum atomic E-state index is -0.220. The number of amides is 1. The van der Waals surface area contributed by atoms with Crippen molar-refractivity contribution in [3.05, 3.63) is 35.1 Å². The van der Waals surface area contributed by atoms with Crippen LogP contribution in [0.5, 0.6) is 0 Å². The average Bonchev–Trinajstić information content (AvgIpc) is 2.30. The zero-order valence-electron chi connectivity index (χ0n) is 11.4. The van der Waals surface area contributed by atoms with E-state index in [0.717, 1.165) is 5.56 Å². The lowest BCUT2D eigenvalue weighted by Crippen LogP contribution is -2.40. The van der Waals surface area contributed by atoms with Crippen molar-refractivity contribution in [1.82, 2.24) is 10.6 Å². The number of likely N-dealkylation sites (N-methyl/N-ethyl adjacent to an activating group) is 1. The zero-order valence-corrected chi connectivity index (χ0v) is 11.4. The van der Waals surface area contributed by atoms with Gasteiger partial charge in [0.15, 0.2) is 0 Å². The zero-order chi connectivity index (χ0) is 13.8. The maximum absolute atomic E-state index is 13.2. The lowest BCUT2D eigenvalue weighted by molar-refractivity contribution is -0.120. The molecule has 0 aromatic heterocycles. The number of rotatable bonds is 5. The molecule has 0 fully saturated rings. The molecule has 0 spiro atoms. The third kappa shape index (κ3) is 3.81. The summed E-state index contributed by atoms with van der Waals surface area (Å²) in [5.41, 5.74) is 1.43. The van der Waals surface area contributed by atoms with Crippen molar-refractivity contribution in [2.45, 2.75) is 26.2 Å². The van der Waals surface area contributed by atoms with Crippen molar-refractivity contribution in [1.29, 1.82) is 0 Å². The summed E-state index contributed by atoms with van der Waals surface area (Å²) in [5.74, 6) is -0.238. The minimum Gasteiger partial charge on any atom is -0.354 e.